The fourth-order valence-electron chi connectivity index (χ4n) is 3.59. The molecule has 2 aromatic heterocycles. The van der Waals surface area contributed by atoms with Crippen molar-refractivity contribution in [1.29, 1.82) is 0 Å². The van der Waals surface area contributed by atoms with E-state index in [1.165, 1.54) is 6.33 Å². The van der Waals surface area contributed by atoms with Crippen molar-refractivity contribution in [3.05, 3.63) is 58.4 Å². The van der Waals surface area contributed by atoms with Gasteiger partial charge >= 0.3 is 6.18 Å². The summed E-state index contributed by atoms with van der Waals surface area (Å²) >= 11 is 1.13. The molecule has 0 aliphatic heterocycles. The number of nitrogens with two attached hydrogens (primary N) is 2. The Morgan fingerprint density at radius 2 is 1.90 bits per heavy atom. The van der Waals surface area contributed by atoms with E-state index in [1.807, 2.05) is 20.8 Å². The van der Waals surface area contributed by atoms with E-state index in [1.54, 1.807) is 12.1 Å². The number of nitrogens with one attached hydrogen (secondary N) is 2. The van der Waals surface area contributed by atoms with Crippen LogP contribution in [0.4, 0.5) is 24.8 Å². The van der Waals surface area contributed by atoms with Crippen molar-refractivity contribution >= 4 is 35.1 Å². The first-order valence-corrected chi connectivity index (χ1v) is 14.3. The lowest BCUT2D eigenvalue weighted by Crippen LogP contribution is -2.36. The van der Waals surface area contributed by atoms with Gasteiger partial charge in [0, 0.05) is 31.6 Å². The van der Waals surface area contributed by atoms with Crippen molar-refractivity contribution in [2.24, 2.45) is 23.3 Å². The van der Waals surface area contributed by atoms with E-state index in [9.17, 15) is 27.9 Å². The summed E-state index contributed by atoms with van der Waals surface area (Å²) in [6.07, 6.45) is 0.895. The number of rotatable bonds is 16. The van der Waals surface area contributed by atoms with Gasteiger partial charge in [-0.15, -0.1) is 0 Å². The minimum atomic E-state index is -4.81. The molecule has 3 atom stereocenters. The molecule has 0 spiro atoms. The zero-order valence-corrected chi connectivity index (χ0v) is 24.7. The number of carbonyl (C=O) groups excluding carboxylic acids is 2. The van der Waals surface area contributed by atoms with Crippen molar-refractivity contribution in [1.82, 2.24) is 15.0 Å². The number of pyridine rings is 1. The summed E-state index contributed by atoms with van der Waals surface area (Å²) in [5, 5.41) is 14.9. The van der Waals surface area contributed by atoms with Crippen molar-refractivity contribution in [3.8, 4) is 5.75 Å². The molecule has 2 unspecified atom stereocenters. The number of unbranched alkanes of at least 4 members (excludes halogenated alkanes) is 1. The number of amides is 1. The number of alkyl halides is 3. The molecular formula is C28H38F3N7O3S. The zero-order chi connectivity index (χ0) is 31.4. The number of nitrogens with zero attached hydrogens (tertiary/aromatic N) is 3. The van der Waals surface area contributed by atoms with Gasteiger partial charge < -0.3 is 27.2 Å². The van der Waals surface area contributed by atoms with Gasteiger partial charge in [-0.3, -0.25) is 9.59 Å². The first-order chi connectivity index (χ1) is 19.8. The molecule has 0 aliphatic carbocycles. The Morgan fingerprint density at radius 1 is 1.19 bits per heavy atom. The second-order valence-electron chi connectivity index (χ2n) is 9.86. The Labute approximate surface area is 247 Å². The van der Waals surface area contributed by atoms with Crippen molar-refractivity contribution in [2.45, 2.75) is 58.7 Å². The molecule has 0 saturated heterocycles. The number of ketones is 1. The molecule has 0 bridgehead atoms. The highest BCUT2D eigenvalue weighted by atomic mass is 32.2. The molecule has 2 aromatic rings. The van der Waals surface area contributed by atoms with E-state index in [-0.39, 0.29) is 46.5 Å². The van der Waals surface area contributed by atoms with Crippen LogP contribution < -0.4 is 22.1 Å². The Morgan fingerprint density at radius 3 is 2.55 bits per heavy atom. The molecular weight excluding hydrogens is 571 g/mol. The molecule has 0 aromatic carbocycles. The predicted molar refractivity (Wildman–Crippen MR) is 159 cm³/mol. The highest BCUT2D eigenvalue weighted by Gasteiger charge is 2.34. The Bertz CT molecular complexity index is 1270. The topological polar surface area (TPSA) is 169 Å². The molecule has 1 amide bonds. The summed E-state index contributed by atoms with van der Waals surface area (Å²) in [6.45, 7) is 10.7. The lowest BCUT2D eigenvalue weighted by atomic mass is 9.90. The summed E-state index contributed by atoms with van der Waals surface area (Å²) < 4.78 is 39.5. The number of halogens is 3. The fraction of sp³-hybridized carbons (Fsp3) is 0.464. The molecule has 230 valence electrons. The molecule has 0 fully saturated rings. The lowest BCUT2D eigenvalue weighted by Gasteiger charge is -2.22. The minimum Gasteiger partial charge on any atom is -0.506 e. The van der Waals surface area contributed by atoms with Crippen molar-refractivity contribution < 1.29 is 27.9 Å². The average molecular weight is 610 g/mol. The second kappa shape index (κ2) is 16.2. The summed E-state index contributed by atoms with van der Waals surface area (Å²) in [5.74, 6) is -1.78. The van der Waals surface area contributed by atoms with Gasteiger partial charge in [0.05, 0.1) is 11.1 Å². The molecule has 14 heteroatoms. The number of thioether (sulfide) groups is 1. The summed E-state index contributed by atoms with van der Waals surface area (Å²) in [5.41, 5.74) is 10.3. The molecule has 0 aliphatic rings. The highest BCUT2D eigenvalue weighted by molar-refractivity contribution is 8.07. The number of Topliss-reactive ketones (excluding diaryl/α,β-unsaturated/α-hetero) is 1. The van der Waals surface area contributed by atoms with Gasteiger partial charge in [-0.2, -0.15) is 13.2 Å². The second-order valence-corrected chi connectivity index (χ2v) is 11.0. The third-order valence-corrected chi connectivity index (χ3v) is 7.71. The van der Waals surface area contributed by atoms with Gasteiger partial charge in [-0.1, -0.05) is 51.6 Å². The third-order valence-electron chi connectivity index (χ3n) is 6.50. The number of aromatic nitrogens is 3. The highest BCUT2D eigenvalue weighted by Crippen LogP contribution is 2.38. The Hall–Kier alpha value is -3.49. The molecule has 7 N–H and O–H groups in total. The van der Waals surface area contributed by atoms with Gasteiger partial charge in [-0.05, 0) is 35.6 Å². The van der Waals surface area contributed by atoms with E-state index in [0.29, 0.717) is 48.9 Å². The SMILES string of the molecule is C=C(S/C(=C\CCC)C(=O)Nc1cc(C(F)(F)F)c(O)cn1)C(C)[C@H](C)CCC(=O)c1cc(NCC(N)CN)ncn1. The summed E-state index contributed by atoms with van der Waals surface area (Å²) in [6, 6.07) is 1.90. The van der Waals surface area contributed by atoms with Crippen LogP contribution in [0.25, 0.3) is 0 Å². The summed E-state index contributed by atoms with van der Waals surface area (Å²) in [4.78, 5) is 38.6. The van der Waals surface area contributed by atoms with Crippen LogP contribution in [0.15, 0.2) is 47.1 Å². The van der Waals surface area contributed by atoms with Gasteiger partial charge in [-0.25, -0.2) is 15.0 Å². The molecule has 2 heterocycles. The molecule has 42 heavy (non-hydrogen) atoms. The quantitative estimate of drug-likeness (QED) is 0.127. The monoisotopic (exact) mass is 609 g/mol. The maximum atomic E-state index is 13.2. The largest absolute Gasteiger partial charge is 0.506 e. The van der Waals surface area contributed by atoms with Gasteiger partial charge in [0.25, 0.3) is 5.91 Å². The number of hydrogen-bond donors (Lipinski definition) is 5. The van der Waals surface area contributed by atoms with Crippen LogP contribution in [0, 0.1) is 11.8 Å². The van der Waals surface area contributed by atoms with E-state index < -0.39 is 23.4 Å². The summed E-state index contributed by atoms with van der Waals surface area (Å²) in [7, 11) is 0. The number of allylic oxidation sites excluding steroid dienone is 2. The first-order valence-electron chi connectivity index (χ1n) is 13.5. The molecule has 0 radical (unpaired) electrons. The first kappa shape index (κ1) is 34.7. The van der Waals surface area contributed by atoms with Crippen LogP contribution in [0.3, 0.4) is 0 Å². The van der Waals surface area contributed by atoms with Crippen LogP contribution in [0.5, 0.6) is 5.75 Å². The minimum absolute atomic E-state index is 0.0135. The van der Waals surface area contributed by atoms with Gasteiger partial charge in [0.2, 0.25) is 0 Å². The van der Waals surface area contributed by atoms with Crippen LogP contribution in [0.2, 0.25) is 0 Å². The van der Waals surface area contributed by atoms with E-state index in [2.05, 4.69) is 32.2 Å². The Balaban J connectivity index is 2.01. The van der Waals surface area contributed by atoms with E-state index in [0.717, 1.165) is 18.2 Å². The smallest absolute Gasteiger partial charge is 0.420 e. The number of carbonyl (C=O) groups is 2. The maximum absolute atomic E-state index is 13.2. The van der Waals surface area contributed by atoms with Crippen LogP contribution in [-0.4, -0.2) is 50.9 Å². The predicted octanol–water partition coefficient (Wildman–Crippen LogP) is 5.10. The van der Waals surface area contributed by atoms with Crippen LogP contribution >= 0.6 is 11.8 Å². The van der Waals surface area contributed by atoms with Gasteiger partial charge in [0.1, 0.15) is 35.0 Å². The number of aromatic hydroxyl groups is 1. The van der Waals surface area contributed by atoms with E-state index >= 15 is 0 Å². The Kier molecular flexibility index (Phi) is 13.4. The molecule has 10 nitrogen and oxygen atoms in total. The lowest BCUT2D eigenvalue weighted by molar-refractivity contribution is -0.138. The normalized spacial score (nSPS) is 14.1. The fourth-order valence-corrected chi connectivity index (χ4v) is 4.64. The number of hydrogen-bond acceptors (Lipinski definition) is 10. The van der Waals surface area contributed by atoms with Gasteiger partial charge in [0.15, 0.2) is 5.78 Å². The van der Waals surface area contributed by atoms with E-state index in [4.69, 9.17) is 11.5 Å². The van der Waals surface area contributed by atoms with Crippen molar-refractivity contribution in [2.75, 3.05) is 23.7 Å². The number of anilines is 2. The molecule has 0 saturated carbocycles. The third kappa shape index (κ3) is 10.7. The average Bonchev–Trinajstić information content (AvgIpc) is 2.96. The standard InChI is InChI=1S/C28H38F3N7O3S/c1-5-6-7-24(27(41)38-26-10-20(28(29,30)31)23(40)14-35-26)42-18(4)17(3)16(2)8-9-22(39)21-11-25(37-15-36-21)34-13-19(33)12-32/h7,10-11,14-17,19,40H,4-6,8-9,12-13,32-33H2,1-3H3,(H,34,36,37)(H,35,38,41)/b24-7-/t16-,17?,19?/m1/s1. The molecule has 2 rings (SSSR count). The maximum Gasteiger partial charge on any atom is 0.420 e. The van der Waals surface area contributed by atoms with Crippen LogP contribution in [0.1, 0.15) is 62.5 Å². The zero-order valence-electron chi connectivity index (χ0n) is 23.9. The van der Waals surface area contributed by atoms with Crippen LogP contribution in [-0.2, 0) is 11.0 Å². The van der Waals surface area contributed by atoms with Crippen molar-refractivity contribution in [3.63, 3.8) is 0 Å².